The normalized spacial score (nSPS) is 16.7. The predicted molar refractivity (Wildman–Crippen MR) is 103 cm³/mol. The first-order chi connectivity index (χ1) is 13.5. The molecule has 0 saturated carbocycles. The highest BCUT2D eigenvalue weighted by Gasteiger charge is 2.23. The lowest BCUT2D eigenvalue weighted by Gasteiger charge is -2.28. The monoisotopic (exact) mass is 390 g/mol. The third-order valence-electron chi connectivity index (χ3n) is 4.77. The van der Waals surface area contributed by atoms with E-state index < -0.39 is 6.09 Å². The SMILES string of the molecule is CN(CC(=O)Nc1ccc(N2CCOCC2)cc1)C(=O)CCN1CCOC1=O. The molecule has 0 aromatic heterocycles. The summed E-state index contributed by atoms with van der Waals surface area (Å²) in [7, 11) is 1.58. The average molecular weight is 390 g/mol. The molecule has 1 aromatic rings. The van der Waals surface area contributed by atoms with E-state index in [0.29, 0.717) is 25.4 Å². The van der Waals surface area contributed by atoms with E-state index in [1.165, 1.54) is 9.80 Å². The highest BCUT2D eigenvalue weighted by Crippen LogP contribution is 2.19. The number of rotatable bonds is 7. The Balaban J connectivity index is 1.42. The van der Waals surface area contributed by atoms with E-state index in [4.69, 9.17) is 9.47 Å². The second-order valence-corrected chi connectivity index (χ2v) is 6.80. The Labute approximate surface area is 164 Å². The molecule has 2 aliphatic heterocycles. The lowest BCUT2D eigenvalue weighted by Crippen LogP contribution is -2.37. The predicted octanol–water partition coefficient (Wildman–Crippen LogP) is 0.762. The maximum atomic E-state index is 12.2. The van der Waals surface area contributed by atoms with Gasteiger partial charge in [0.05, 0.1) is 26.3 Å². The van der Waals surface area contributed by atoms with Crippen molar-refractivity contribution < 1.29 is 23.9 Å². The van der Waals surface area contributed by atoms with Gasteiger partial charge in [-0.25, -0.2) is 4.79 Å². The molecule has 3 amide bonds. The van der Waals surface area contributed by atoms with Gasteiger partial charge in [0.15, 0.2) is 0 Å². The zero-order chi connectivity index (χ0) is 19.9. The van der Waals surface area contributed by atoms with Crippen molar-refractivity contribution >= 4 is 29.3 Å². The van der Waals surface area contributed by atoms with Crippen molar-refractivity contribution in [2.24, 2.45) is 0 Å². The van der Waals surface area contributed by atoms with Crippen molar-refractivity contribution in [1.82, 2.24) is 9.80 Å². The van der Waals surface area contributed by atoms with Crippen LogP contribution in [0.25, 0.3) is 0 Å². The van der Waals surface area contributed by atoms with Crippen LogP contribution in [0.5, 0.6) is 0 Å². The molecule has 0 aliphatic carbocycles. The van der Waals surface area contributed by atoms with Crippen LogP contribution >= 0.6 is 0 Å². The highest BCUT2D eigenvalue weighted by molar-refractivity contribution is 5.94. The van der Waals surface area contributed by atoms with Crippen LogP contribution in [0.1, 0.15) is 6.42 Å². The molecule has 2 fully saturated rings. The van der Waals surface area contributed by atoms with Gasteiger partial charge in [0.1, 0.15) is 6.61 Å². The first kappa shape index (κ1) is 19.9. The number of hydrogen-bond acceptors (Lipinski definition) is 6. The van der Waals surface area contributed by atoms with E-state index in [0.717, 1.165) is 32.0 Å². The molecule has 2 heterocycles. The van der Waals surface area contributed by atoms with Gasteiger partial charge in [0, 0.05) is 44.5 Å². The molecule has 0 spiro atoms. The minimum absolute atomic E-state index is 0.0471. The van der Waals surface area contributed by atoms with Crippen LogP contribution in [0.4, 0.5) is 16.2 Å². The third-order valence-corrected chi connectivity index (χ3v) is 4.77. The van der Waals surface area contributed by atoms with Crippen LogP contribution in [0.3, 0.4) is 0 Å². The fraction of sp³-hybridized carbons (Fsp3) is 0.526. The Kier molecular flexibility index (Phi) is 6.70. The molecule has 9 nitrogen and oxygen atoms in total. The molecule has 28 heavy (non-hydrogen) atoms. The molecule has 9 heteroatoms. The van der Waals surface area contributed by atoms with Gasteiger partial charge in [-0.1, -0.05) is 0 Å². The number of hydrogen-bond donors (Lipinski definition) is 1. The Morgan fingerprint density at radius 3 is 2.46 bits per heavy atom. The molecule has 0 atom stereocenters. The number of anilines is 2. The van der Waals surface area contributed by atoms with Crippen molar-refractivity contribution in [2.75, 3.05) is 69.8 Å². The minimum Gasteiger partial charge on any atom is -0.448 e. The summed E-state index contributed by atoms with van der Waals surface area (Å²) in [6, 6.07) is 7.63. The van der Waals surface area contributed by atoms with Gasteiger partial charge < -0.3 is 29.5 Å². The number of morpholine rings is 1. The second-order valence-electron chi connectivity index (χ2n) is 6.80. The third kappa shape index (κ3) is 5.35. The van der Waals surface area contributed by atoms with Crippen LogP contribution in [0.2, 0.25) is 0 Å². The number of carbonyl (C=O) groups excluding carboxylic acids is 3. The van der Waals surface area contributed by atoms with Crippen molar-refractivity contribution in [3.8, 4) is 0 Å². The van der Waals surface area contributed by atoms with E-state index in [1.54, 1.807) is 7.05 Å². The molecule has 1 N–H and O–H groups in total. The number of likely N-dealkylation sites (N-methyl/N-ethyl adjacent to an activating group) is 1. The summed E-state index contributed by atoms with van der Waals surface area (Å²) in [4.78, 5) is 40.8. The number of ether oxygens (including phenoxy) is 2. The summed E-state index contributed by atoms with van der Waals surface area (Å²) in [5.41, 5.74) is 1.77. The van der Waals surface area contributed by atoms with Gasteiger partial charge in [-0.15, -0.1) is 0 Å². The van der Waals surface area contributed by atoms with Crippen molar-refractivity contribution in [1.29, 1.82) is 0 Å². The summed E-state index contributed by atoms with van der Waals surface area (Å²) < 4.78 is 10.2. The largest absolute Gasteiger partial charge is 0.448 e. The highest BCUT2D eigenvalue weighted by atomic mass is 16.6. The molecule has 0 unspecified atom stereocenters. The van der Waals surface area contributed by atoms with Crippen LogP contribution < -0.4 is 10.2 Å². The number of nitrogens with zero attached hydrogens (tertiary/aromatic N) is 3. The van der Waals surface area contributed by atoms with Gasteiger partial charge in [-0.05, 0) is 24.3 Å². The fourth-order valence-corrected chi connectivity index (χ4v) is 3.13. The van der Waals surface area contributed by atoms with E-state index in [-0.39, 0.29) is 24.8 Å². The Bertz CT molecular complexity index is 703. The van der Waals surface area contributed by atoms with Crippen LogP contribution in [-0.4, -0.2) is 87.3 Å². The molecule has 2 saturated heterocycles. The van der Waals surface area contributed by atoms with E-state index >= 15 is 0 Å². The summed E-state index contributed by atoms with van der Waals surface area (Å²) in [6.45, 7) is 4.25. The van der Waals surface area contributed by atoms with Crippen LogP contribution in [0, 0.1) is 0 Å². The summed E-state index contributed by atoms with van der Waals surface area (Å²) in [5.74, 6) is -0.465. The molecule has 3 rings (SSSR count). The van der Waals surface area contributed by atoms with E-state index in [2.05, 4.69) is 10.2 Å². The van der Waals surface area contributed by atoms with Gasteiger partial charge in [-0.2, -0.15) is 0 Å². The van der Waals surface area contributed by atoms with Crippen molar-refractivity contribution in [2.45, 2.75) is 6.42 Å². The van der Waals surface area contributed by atoms with Crippen molar-refractivity contribution in [3.05, 3.63) is 24.3 Å². The first-order valence-electron chi connectivity index (χ1n) is 9.41. The zero-order valence-corrected chi connectivity index (χ0v) is 16.1. The number of amides is 3. The number of nitrogens with one attached hydrogen (secondary N) is 1. The lowest BCUT2D eigenvalue weighted by molar-refractivity contribution is -0.133. The van der Waals surface area contributed by atoms with Gasteiger partial charge >= 0.3 is 6.09 Å². The van der Waals surface area contributed by atoms with Crippen LogP contribution in [0.15, 0.2) is 24.3 Å². The molecular weight excluding hydrogens is 364 g/mol. The maximum absolute atomic E-state index is 12.2. The summed E-state index contributed by atoms with van der Waals surface area (Å²) in [6.07, 6.45) is -0.235. The number of benzene rings is 1. The first-order valence-corrected chi connectivity index (χ1v) is 9.41. The fourth-order valence-electron chi connectivity index (χ4n) is 3.13. The Hall–Kier alpha value is -2.81. The Morgan fingerprint density at radius 1 is 1.11 bits per heavy atom. The quantitative estimate of drug-likeness (QED) is 0.739. The average Bonchev–Trinajstić information content (AvgIpc) is 3.12. The number of carbonyl (C=O) groups is 3. The summed E-state index contributed by atoms with van der Waals surface area (Å²) in [5, 5.41) is 2.80. The molecule has 0 bridgehead atoms. The Morgan fingerprint density at radius 2 is 1.82 bits per heavy atom. The second kappa shape index (κ2) is 9.41. The van der Waals surface area contributed by atoms with E-state index in [1.807, 2.05) is 24.3 Å². The van der Waals surface area contributed by atoms with Gasteiger partial charge in [0.2, 0.25) is 11.8 Å². The van der Waals surface area contributed by atoms with Crippen molar-refractivity contribution in [3.63, 3.8) is 0 Å². The van der Waals surface area contributed by atoms with Crippen LogP contribution in [-0.2, 0) is 19.1 Å². The molecular formula is C19H26N4O5. The standard InChI is InChI=1S/C19H26N4O5/c1-21(18(25)6-7-23-10-13-28-19(23)26)14-17(24)20-15-2-4-16(5-3-15)22-8-11-27-12-9-22/h2-5H,6-14H2,1H3,(H,20,24). The molecule has 1 aromatic carbocycles. The molecule has 152 valence electrons. The lowest BCUT2D eigenvalue weighted by atomic mass is 10.2. The van der Waals surface area contributed by atoms with Gasteiger partial charge in [0.25, 0.3) is 0 Å². The molecule has 0 radical (unpaired) electrons. The zero-order valence-electron chi connectivity index (χ0n) is 16.1. The molecule has 2 aliphatic rings. The summed E-state index contributed by atoms with van der Waals surface area (Å²) >= 11 is 0. The smallest absolute Gasteiger partial charge is 0.409 e. The number of cyclic esters (lactones) is 1. The topological polar surface area (TPSA) is 91.4 Å². The minimum atomic E-state index is -0.395. The van der Waals surface area contributed by atoms with Gasteiger partial charge in [-0.3, -0.25) is 9.59 Å². The van der Waals surface area contributed by atoms with E-state index in [9.17, 15) is 14.4 Å². The maximum Gasteiger partial charge on any atom is 0.409 e.